The highest BCUT2D eigenvalue weighted by Gasteiger charge is 2.27. The zero-order chi connectivity index (χ0) is 19.5. The fraction of sp³-hybridized carbons (Fsp3) is 0.227. The van der Waals surface area contributed by atoms with Crippen molar-refractivity contribution >= 4 is 28.7 Å². The van der Waals surface area contributed by atoms with Gasteiger partial charge in [-0.3, -0.25) is 4.79 Å². The first-order valence-corrected chi connectivity index (χ1v) is 9.42. The molecule has 6 heteroatoms. The lowest BCUT2D eigenvalue weighted by Crippen LogP contribution is -2.29. The molecule has 3 heterocycles. The van der Waals surface area contributed by atoms with Crippen molar-refractivity contribution in [2.24, 2.45) is 11.7 Å². The number of nitrogens with one attached hydrogen (secondary N) is 1. The van der Waals surface area contributed by atoms with E-state index in [1.807, 2.05) is 59.6 Å². The van der Waals surface area contributed by atoms with E-state index in [0.29, 0.717) is 17.2 Å². The molecule has 3 N–H and O–H groups in total. The summed E-state index contributed by atoms with van der Waals surface area (Å²) in [5.41, 5.74) is 9.55. The zero-order valence-corrected chi connectivity index (χ0v) is 15.6. The zero-order valence-electron chi connectivity index (χ0n) is 15.6. The number of allylic oxidation sites excluding steroid dienone is 1. The van der Waals surface area contributed by atoms with Gasteiger partial charge in [0, 0.05) is 49.4 Å². The number of aromatic nitrogens is 2. The topological polar surface area (TPSA) is 88.0 Å². The number of nitrogens with zero attached hydrogens (tertiary/aromatic N) is 3. The summed E-state index contributed by atoms with van der Waals surface area (Å²) < 4.78 is 2.20. The molecule has 0 spiro atoms. The summed E-state index contributed by atoms with van der Waals surface area (Å²) in [5, 5.41) is 7.43. The lowest BCUT2D eigenvalue weighted by atomic mass is 10.1. The first kappa shape index (κ1) is 18.0. The molecule has 1 fully saturated rings. The molecule has 1 aliphatic heterocycles. The number of carbonyl (C=O) groups excluding carboxylic acids is 1. The van der Waals surface area contributed by atoms with Crippen molar-refractivity contribution < 1.29 is 4.79 Å². The maximum atomic E-state index is 12.6. The van der Waals surface area contributed by atoms with Gasteiger partial charge >= 0.3 is 0 Å². The second-order valence-corrected chi connectivity index (χ2v) is 7.11. The van der Waals surface area contributed by atoms with Crippen LogP contribution in [0, 0.1) is 11.3 Å². The number of benzene rings is 1. The first-order valence-electron chi connectivity index (χ1n) is 9.42. The molecule has 2 aromatic heterocycles. The van der Waals surface area contributed by atoms with Crippen molar-refractivity contribution in [1.29, 1.82) is 5.41 Å². The Balaban J connectivity index is 1.47. The molecule has 28 heavy (non-hydrogen) atoms. The van der Waals surface area contributed by atoms with E-state index in [-0.39, 0.29) is 5.91 Å². The van der Waals surface area contributed by atoms with Crippen LogP contribution in [-0.4, -0.2) is 39.7 Å². The fourth-order valence-corrected chi connectivity index (χ4v) is 3.81. The second kappa shape index (κ2) is 7.68. The molecule has 0 bridgehead atoms. The number of hydrogen-bond acceptors (Lipinski definition) is 4. The number of likely N-dealkylation sites (tertiary alicyclic amines) is 1. The lowest BCUT2D eigenvalue weighted by Gasteiger charge is -2.17. The van der Waals surface area contributed by atoms with Crippen LogP contribution in [0.2, 0.25) is 0 Å². The van der Waals surface area contributed by atoms with Gasteiger partial charge in [-0.05, 0) is 42.7 Å². The molecule has 1 atom stereocenters. The van der Waals surface area contributed by atoms with Crippen LogP contribution in [0.4, 0.5) is 0 Å². The molecule has 1 unspecified atom stereocenters. The number of amides is 1. The average Bonchev–Trinajstić information content (AvgIpc) is 3.36. The molecule has 1 aromatic carbocycles. The molecule has 142 valence electrons. The van der Waals surface area contributed by atoms with Crippen molar-refractivity contribution in [3.8, 4) is 0 Å². The summed E-state index contributed by atoms with van der Waals surface area (Å²) >= 11 is 0. The molecular formula is C22H23N5O. The highest BCUT2D eigenvalue weighted by molar-refractivity contribution is 6.07. The summed E-state index contributed by atoms with van der Waals surface area (Å²) in [6.07, 6.45) is 5.65. The van der Waals surface area contributed by atoms with Gasteiger partial charge in [-0.1, -0.05) is 18.2 Å². The van der Waals surface area contributed by atoms with Crippen LogP contribution in [-0.2, 0) is 6.54 Å². The molecule has 1 saturated heterocycles. The predicted molar refractivity (Wildman–Crippen MR) is 111 cm³/mol. The lowest BCUT2D eigenvalue weighted by molar-refractivity contribution is 0.0786. The number of rotatable bonds is 5. The van der Waals surface area contributed by atoms with Crippen molar-refractivity contribution in [2.75, 3.05) is 13.1 Å². The largest absolute Gasteiger partial charge is 0.404 e. The minimum absolute atomic E-state index is 0.111. The number of carbonyl (C=O) groups is 1. The Hall–Kier alpha value is -3.41. The summed E-state index contributed by atoms with van der Waals surface area (Å²) in [5.74, 6) is 0.531. The van der Waals surface area contributed by atoms with Crippen LogP contribution in [0.3, 0.4) is 0 Å². The van der Waals surface area contributed by atoms with E-state index in [1.165, 1.54) is 12.4 Å². The maximum absolute atomic E-state index is 12.6. The van der Waals surface area contributed by atoms with Crippen LogP contribution in [0.5, 0.6) is 0 Å². The summed E-state index contributed by atoms with van der Waals surface area (Å²) in [6.45, 7) is 2.42. The average molecular weight is 373 g/mol. The van der Waals surface area contributed by atoms with Gasteiger partial charge in [0.15, 0.2) is 0 Å². The quantitative estimate of drug-likeness (QED) is 0.674. The minimum Gasteiger partial charge on any atom is -0.404 e. The molecular weight excluding hydrogens is 350 g/mol. The van der Waals surface area contributed by atoms with Crippen LogP contribution in [0.15, 0.2) is 60.9 Å². The standard InChI is InChI=1S/C22H23N5O/c23-12-18(13-24)19-6-7-21-20(25-19)9-11-26(21)14-16-8-10-27(15-16)22(28)17-4-2-1-3-5-17/h1-7,9,11-13,16,23H,8,10,14-15,24H2/b18-13+,23-12?. The first-order chi connectivity index (χ1) is 13.7. The van der Waals surface area contributed by atoms with Gasteiger partial charge in [0.25, 0.3) is 5.91 Å². The summed E-state index contributed by atoms with van der Waals surface area (Å²) in [4.78, 5) is 19.2. The molecule has 3 aromatic rings. The van der Waals surface area contributed by atoms with E-state index in [0.717, 1.165) is 42.7 Å². The minimum atomic E-state index is 0.111. The monoisotopic (exact) mass is 373 g/mol. The molecule has 6 nitrogen and oxygen atoms in total. The number of nitrogens with two attached hydrogens (primary N) is 1. The van der Waals surface area contributed by atoms with Crippen molar-refractivity contribution in [2.45, 2.75) is 13.0 Å². The van der Waals surface area contributed by atoms with Crippen LogP contribution >= 0.6 is 0 Å². The van der Waals surface area contributed by atoms with E-state index >= 15 is 0 Å². The normalized spacial score (nSPS) is 17.2. The van der Waals surface area contributed by atoms with Gasteiger partial charge in [0.2, 0.25) is 0 Å². The third-order valence-electron chi connectivity index (χ3n) is 5.30. The van der Waals surface area contributed by atoms with Crippen LogP contribution < -0.4 is 5.73 Å². The Morgan fingerprint density at radius 2 is 2.04 bits per heavy atom. The Labute approximate surface area is 163 Å². The van der Waals surface area contributed by atoms with Gasteiger partial charge in [-0.2, -0.15) is 0 Å². The molecule has 1 amide bonds. The van der Waals surface area contributed by atoms with Gasteiger partial charge in [-0.15, -0.1) is 0 Å². The Morgan fingerprint density at radius 3 is 2.79 bits per heavy atom. The Bertz CT molecular complexity index is 1040. The third kappa shape index (κ3) is 3.41. The van der Waals surface area contributed by atoms with Crippen molar-refractivity contribution in [3.63, 3.8) is 0 Å². The molecule has 0 radical (unpaired) electrons. The van der Waals surface area contributed by atoms with E-state index in [1.54, 1.807) is 0 Å². The molecule has 1 aliphatic rings. The SMILES string of the molecule is N=C/C(=C\N)c1ccc2c(ccn2CC2CCN(C(=O)c3ccccc3)C2)n1. The predicted octanol–water partition coefficient (Wildman–Crippen LogP) is 3.15. The number of hydrogen-bond donors (Lipinski definition) is 2. The van der Waals surface area contributed by atoms with Gasteiger partial charge in [0.05, 0.1) is 16.7 Å². The third-order valence-corrected chi connectivity index (χ3v) is 5.30. The number of pyridine rings is 1. The highest BCUT2D eigenvalue weighted by atomic mass is 16.2. The van der Waals surface area contributed by atoms with Crippen LogP contribution in [0.1, 0.15) is 22.5 Å². The van der Waals surface area contributed by atoms with Gasteiger partial charge in [-0.25, -0.2) is 4.98 Å². The van der Waals surface area contributed by atoms with E-state index in [9.17, 15) is 4.79 Å². The van der Waals surface area contributed by atoms with E-state index in [2.05, 4.69) is 9.55 Å². The van der Waals surface area contributed by atoms with Gasteiger partial charge in [0.1, 0.15) is 0 Å². The van der Waals surface area contributed by atoms with Crippen LogP contribution in [0.25, 0.3) is 16.6 Å². The molecule has 0 saturated carbocycles. The summed E-state index contributed by atoms with van der Waals surface area (Å²) in [6, 6.07) is 15.4. The maximum Gasteiger partial charge on any atom is 0.253 e. The van der Waals surface area contributed by atoms with E-state index < -0.39 is 0 Å². The van der Waals surface area contributed by atoms with Gasteiger partial charge < -0.3 is 20.6 Å². The fourth-order valence-electron chi connectivity index (χ4n) is 3.81. The molecule has 0 aliphatic carbocycles. The molecule has 4 rings (SSSR count). The number of fused-ring (bicyclic) bond motifs is 1. The van der Waals surface area contributed by atoms with E-state index in [4.69, 9.17) is 11.1 Å². The highest BCUT2D eigenvalue weighted by Crippen LogP contribution is 2.24. The smallest absolute Gasteiger partial charge is 0.253 e. The Morgan fingerprint density at radius 1 is 1.21 bits per heavy atom. The second-order valence-electron chi connectivity index (χ2n) is 7.11. The Kier molecular flexibility index (Phi) is 4.93. The summed E-state index contributed by atoms with van der Waals surface area (Å²) in [7, 11) is 0. The van der Waals surface area contributed by atoms with Crippen molar-refractivity contribution in [3.05, 3.63) is 72.2 Å². The van der Waals surface area contributed by atoms with Crippen molar-refractivity contribution in [1.82, 2.24) is 14.5 Å².